The van der Waals surface area contributed by atoms with Crippen LogP contribution in [0.3, 0.4) is 0 Å². The lowest BCUT2D eigenvalue weighted by Crippen LogP contribution is -2.33. The fourth-order valence-corrected chi connectivity index (χ4v) is 2.82. The van der Waals surface area contributed by atoms with E-state index in [1.807, 2.05) is 6.92 Å². The minimum Gasteiger partial charge on any atom is -0.481 e. The highest BCUT2D eigenvalue weighted by Gasteiger charge is 2.15. The van der Waals surface area contributed by atoms with Crippen molar-refractivity contribution in [2.45, 2.75) is 32.9 Å². The van der Waals surface area contributed by atoms with E-state index in [0.29, 0.717) is 0 Å². The number of carboxylic acids is 1. The predicted molar refractivity (Wildman–Crippen MR) is 69.8 cm³/mol. The zero-order valence-electron chi connectivity index (χ0n) is 9.44. The molecule has 1 rings (SSSR count). The summed E-state index contributed by atoms with van der Waals surface area (Å²) in [6.45, 7) is 5.69. The van der Waals surface area contributed by atoms with Gasteiger partial charge in [-0.25, -0.2) is 0 Å². The zero-order chi connectivity index (χ0) is 12.1. The van der Waals surface area contributed by atoms with Crippen LogP contribution in [0, 0.1) is 0 Å². The van der Waals surface area contributed by atoms with Crippen LogP contribution in [-0.2, 0) is 11.3 Å². The van der Waals surface area contributed by atoms with Crippen molar-refractivity contribution in [1.29, 1.82) is 0 Å². The topological polar surface area (TPSA) is 40.5 Å². The quantitative estimate of drug-likeness (QED) is 0.877. The average Bonchev–Trinajstić information content (AvgIpc) is 2.59. The minimum atomic E-state index is -0.738. The highest BCUT2D eigenvalue weighted by molar-refractivity contribution is 9.11. The number of hydrogen-bond donors (Lipinski definition) is 1. The molecule has 90 valence electrons. The summed E-state index contributed by atoms with van der Waals surface area (Å²) in [5, 5.41) is 10.9. The molecule has 0 fully saturated rings. The third kappa shape index (κ3) is 4.23. The summed E-state index contributed by atoms with van der Waals surface area (Å²) in [6, 6.07) is 2.15. The first kappa shape index (κ1) is 13.7. The Labute approximate surface area is 108 Å². The lowest BCUT2D eigenvalue weighted by molar-refractivity contribution is -0.138. The van der Waals surface area contributed by atoms with Gasteiger partial charge in [-0.15, -0.1) is 11.3 Å². The van der Waals surface area contributed by atoms with Crippen LogP contribution in [0.4, 0.5) is 0 Å². The van der Waals surface area contributed by atoms with E-state index in [9.17, 15) is 4.79 Å². The molecule has 1 N–H and O–H groups in total. The monoisotopic (exact) mass is 305 g/mol. The van der Waals surface area contributed by atoms with Gasteiger partial charge in [-0.1, -0.05) is 6.92 Å². The van der Waals surface area contributed by atoms with Gasteiger partial charge in [0.2, 0.25) is 0 Å². The van der Waals surface area contributed by atoms with Gasteiger partial charge in [-0.3, -0.25) is 9.69 Å². The molecule has 0 amide bonds. The van der Waals surface area contributed by atoms with Crippen molar-refractivity contribution in [3.8, 4) is 0 Å². The molecule has 0 radical (unpaired) electrons. The van der Waals surface area contributed by atoms with Crippen LogP contribution in [-0.4, -0.2) is 28.6 Å². The van der Waals surface area contributed by atoms with Crippen molar-refractivity contribution in [1.82, 2.24) is 4.90 Å². The molecule has 1 aromatic heterocycles. The number of nitrogens with zero attached hydrogens (tertiary/aromatic N) is 1. The van der Waals surface area contributed by atoms with Crippen molar-refractivity contribution in [2.75, 3.05) is 6.54 Å². The molecule has 1 aromatic rings. The smallest absolute Gasteiger partial charge is 0.304 e. The van der Waals surface area contributed by atoms with E-state index >= 15 is 0 Å². The number of thiophene rings is 1. The molecule has 1 heterocycles. The van der Waals surface area contributed by atoms with E-state index in [0.717, 1.165) is 16.9 Å². The van der Waals surface area contributed by atoms with Gasteiger partial charge in [0, 0.05) is 12.6 Å². The second kappa shape index (κ2) is 6.37. The van der Waals surface area contributed by atoms with Crippen LogP contribution in [0.1, 0.15) is 25.8 Å². The van der Waals surface area contributed by atoms with Crippen molar-refractivity contribution in [3.63, 3.8) is 0 Å². The van der Waals surface area contributed by atoms with E-state index < -0.39 is 5.97 Å². The van der Waals surface area contributed by atoms with Crippen molar-refractivity contribution in [3.05, 3.63) is 20.8 Å². The molecule has 3 nitrogen and oxygen atoms in total. The third-order valence-electron chi connectivity index (χ3n) is 2.51. The van der Waals surface area contributed by atoms with E-state index in [2.05, 4.69) is 39.2 Å². The Bertz CT molecular complexity index is 354. The van der Waals surface area contributed by atoms with Gasteiger partial charge >= 0.3 is 5.97 Å². The molecule has 1 unspecified atom stereocenters. The summed E-state index contributed by atoms with van der Waals surface area (Å²) in [5.74, 6) is -0.738. The van der Waals surface area contributed by atoms with E-state index in [-0.39, 0.29) is 12.5 Å². The fraction of sp³-hybridized carbons (Fsp3) is 0.545. The van der Waals surface area contributed by atoms with Crippen LogP contribution in [0.25, 0.3) is 0 Å². The molecule has 0 saturated heterocycles. The second-order valence-corrected chi connectivity index (χ2v) is 6.06. The van der Waals surface area contributed by atoms with Gasteiger partial charge in [0.1, 0.15) is 0 Å². The first-order valence-electron chi connectivity index (χ1n) is 5.21. The molecular formula is C11H16BrNO2S. The highest BCUT2D eigenvalue weighted by atomic mass is 79.9. The first-order valence-corrected chi connectivity index (χ1v) is 6.89. The second-order valence-electron chi connectivity index (χ2n) is 3.77. The molecule has 0 saturated carbocycles. The predicted octanol–water partition coefficient (Wildman–Crippen LogP) is 3.20. The summed E-state index contributed by atoms with van der Waals surface area (Å²) >= 11 is 5.08. The highest BCUT2D eigenvalue weighted by Crippen LogP contribution is 2.22. The third-order valence-corrected chi connectivity index (χ3v) is 4.06. The lowest BCUT2D eigenvalue weighted by Gasteiger charge is -2.26. The molecule has 1 atom stereocenters. The fourth-order valence-electron chi connectivity index (χ4n) is 1.62. The zero-order valence-corrected chi connectivity index (χ0v) is 11.8. The number of halogens is 1. The molecule has 0 spiro atoms. The summed E-state index contributed by atoms with van der Waals surface area (Å²) in [7, 11) is 0. The summed E-state index contributed by atoms with van der Waals surface area (Å²) < 4.78 is 1.12. The standard InChI is InChI=1S/C11H16BrNO2S/c1-3-13(8(2)4-11(14)15)6-9-5-10(12)16-7-9/h5,7-8H,3-4,6H2,1-2H3,(H,14,15). The van der Waals surface area contributed by atoms with Gasteiger partial charge in [-0.2, -0.15) is 0 Å². The molecule has 0 aromatic carbocycles. The van der Waals surface area contributed by atoms with Crippen LogP contribution in [0.15, 0.2) is 15.2 Å². The Hall–Kier alpha value is -0.390. The first-order chi connectivity index (χ1) is 7.52. The van der Waals surface area contributed by atoms with Gasteiger partial charge < -0.3 is 5.11 Å². The molecule has 0 bridgehead atoms. The summed E-state index contributed by atoms with van der Waals surface area (Å²) in [5.41, 5.74) is 1.23. The van der Waals surface area contributed by atoms with Crippen molar-refractivity contribution >= 4 is 33.2 Å². The van der Waals surface area contributed by atoms with Gasteiger partial charge in [-0.05, 0) is 46.4 Å². The number of rotatable bonds is 6. The molecular weight excluding hydrogens is 290 g/mol. The average molecular weight is 306 g/mol. The Morgan fingerprint density at radius 2 is 2.38 bits per heavy atom. The van der Waals surface area contributed by atoms with Gasteiger partial charge in [0.15, 0.2) is 0 Å². The normalized spacial score (nSPS) is 13.0. The maximum absolute atomic E-state index is 10.7. The van der Waals surface area contributed by atoms with Crippen LogP contribution in [0.5, 0.6) is 0 Å². The number of carboxylic acid groups (broad SMARTS) is 1. The lowest BCUT2D eigenvalue weighted by atomic mass is 10.2. The number of carbonyl (C=O) groups is 1. The molecule has 0 aliphatic heterocycles. The number of hydrogen-bond acceptors (Lipinski definition) is 3. The van der Waals surface area contributed by atoms with Crippen LogP contribution in [0.2, 0.25) is 0 Å². The van der Waals surface area contributed by atoms with E-state index in [4.69, 9.17) is 5.11 Å². The SMILES string of the molecule is CCN(Cc1csc(Br)c1)C(C)CC(=O)O. The maximum atomic E-state index is 10.7. The van der Waals surface area contributed by atoms with Crippen LogP contribution >= 0.6 is 27.3 Å². The van der Waals surface area contributed by atoms with Crippen LogP contribution < -0.4 is 0 Å². The molecule has 16 heavy (non-hydrogen) atoms. The Balaban J connectivity index is 2.57. The Kier molecular flexibility index (Phi) is 5.44. The molecule has 5 heteroatoms. The largest absolute Gasteiger partial charge is 0.481 e. The Morgan fingerprint density at radius 3 is 2.81 bits per heavy atom. The van der Waals surface area contributed by atoms with Crippen molar-refractivity contribution < 1.29 is 9.90 Å². The summed E-state index contributed by atoms with van der Waals surface area (Å²) in [4.78, 5) is 12.8. The van der Waals surface area contributed by atoms with Crippen molar-refractivity contribution in [2.24, 2.45) is 0 Å². The van der Waals surface area contributed by atoms with E-state index in [1.165, 1.54) is 5.56 Å². The van der Waals surface area contributed by atoms with Gasteiger partial charge in [0.25, 0.3) is 0 Å². The van der Waals surface area contributed by atoms with E-state index in [1.54, 1.807) is 11.3 Å². The molecule has 0 aliphatic rings. The number of aliphatic carboxylic acids is 1. The molecule has 0 aliphatic carbocycles. The van der Waals surface area contributed by atoms with Gasteiger partial charge in [0.05, 0.1) is 10.2 Å². The summed E-state index contributed by atoms with van der Waals surface area (Å²) in [6.07, 6.45) is 0.194. The Morgan fingerprint density at radius 1 is 1.69 bits per heavy atom. The minimum absolute atomic E-state index is 0.0705. The maximum Gasteiger partial charge on any atom is 0.304 e.